The first kappa shape index (κ1) is 17.4. The van der Waals surface area contributed by atoms with Crippen molar-refractivity contribution in [1.82, 2.24) is 19.8 Å². The van der Waals surface area contributed by atoms with Crippen molar-refractivity contribution >= 4 is 29.2 Å². The monoisotopic (exact) mass is 336 g/mol. The van der Waals surface area contributed by atoms with Gasteiger partial charge in [0.2, 0.25) is 5.91 Å². The van der Waals surface area contributed by atoms with Gasteiger partial charge in [-0.15, -0.1) is 12.4 Å². The van der Waals surface area contributed by atoms with Crippen molar-refractivity contribution in [2.45, 2.75) is 25.4 Å². The molecule has 7 heteroatoms. The predicted molar refractivity (Wildman–Crippen MR) is 91.9 cm³/mol. The summed E-state index contributed by atoms with van der Waals surface area (Å²) in [5, 5.41) is 3.83. The van der Waals surface area contributed by atoms with Gasteiger partial charge in [0.15, 0.2) is 0 Å². The highest BCUT2D eigenvalue weighted by atomic mass is 35.5. The third-order valence-electron chi connectivity index (χ3n) is 4.29. The number of amides is 1. The van der Waals surface area contributed by atoms with E-state index in [0.29, 0.717) is 10.9 Å². The van der Waals surface area contributed by atoms with Crippen LogP contribution in [0.1, 0.15) is 12.8 Å². The van der Waals surface area contributed by atoms with Crippen LogP contribution in [0.15, 0.2) is 35.4 Å². The van der Waals surface area contributed by atoms with Gasteiger partial charge in [-0.3, -0.25) is 14.2 Å². The van der Waals surface area contributed by atoms with Crippen molar-refractivity contribution in [3.05, 3.63) is 40.9 Å². The van der Waals surface area contributed by atoms with E-state index in [1.165, 1.54) is 10.9 Å². The molecule has 0 spiro atoms. The number of hydrogen-bond acceptors (Lipinski definition) is 4. The number of aromatic nitrogens is 2. The zero-order chi connectivity index (χ0) is 15.5. The van der Waals surface area contributed by atoms with E-state index in [1.54, 1.807) is 23.1 Å². The summed E-state index contributed by atoms with van der Waals surface area (Å²) in [5.74, 6) is -0.0499. The molecule has 23 heavy (non-hydrogen) atoms. The summed E-state index contributed by atoms with van der Waals surface area (Å²) >= 11 is 0. The van der Waals surface area contributed by atoms with E-state index in [4.69, 9.17) is 0 Å². The van der Waals surface area contributed by atoms with Crippen molar-refractivity contribution in [3.63, 3.8) is 0 Å². The lowest BCUT2D eigenvalue weighted by Crippen LogP contribution is -2.45. The molecule has 6 nitrogen and oxygen atoms in total. The maximum Gasteiger partial charge on any atom is 0.261 e. The van der Waals surface area contributed by atoms with Crippen LogP contribution in [-0.2, 0) is 11.3 Å². The van der Waals surface area contributed by atoms with Gasteiger partial charge in [-0.1, -0.05) is 12.1 Å². The molecule has 0 saturated carbocycles. The van der Waals surface area contributed by atoms with Gasteiger partial charge in [-0.25, -0.2) is 4.98 Å². The largest absolute Gasteiger partial charge is 0.341 e. The summed E-state index contributed by atoms with van der Waals surface area (Å²) in [6, 6.07) is 7.43. The lowest BCUT2D eigenvalue weighted by atomic mass is 10.1. The maximum atomic E-state index is 12.4. The highest BCUT2D eigenvalue weighted by Gasteiger charge is 2.22. The third-order valence-corrected chi connectivity index (χ3v) is 4.29. The summed E-state index contributed by atoms with van der Waals surface area (Å²) in [7, 11) is 1.82. The minimum absolute atomic E-state index is 0. The smallest absolute Gasteiger partial charge is 0.261 e. The third kappa shape index (κ3) is 3.71. The fourth-order valence-electron chi connectivity index (χ4n) is 2.87. The van der Waals surface area contributed by atoms with Crippen LogP contribution in [-0.4, -0.2) is 46.5 Å². The number of fused-ring (bicyclic) bond motifs is 1. The first-order valence-electron chi connectivity index (χ1n) is 7.57. The molecule has 1 aromatic carbocycles. The van der Waals surface area contributed by atoms with Crippen molar-refractivity contribution in [2.75, 3.05) is 20.1 Å². The Labute approximate surface area is 140 Å². The lowest BCUT2D eigenvalue weighted by Gasteiger charge is -2.31. The number of nitrogens with zero attached hydrogens (tertiary/aromatic N) is 3. The van der Waals surface area contributed by atoms with E-state index in [-0.39, 0.29) is 36.5 Å². The van der Waals surface area contributed by atoms with Crippen molar-refractivity contribution < 1.29 is 4.79 Å². The summed E-state index contributed by atoms with van der Waals surface area (Å²) in [6.45, 7) is 1.90. The van der Waals surface area contributed by atoms with Crippen molar-refractivity contribution in [1.29, 1.82) is 0 Å². The zero-order valence-corrected chi connectivity index (χ0v) is 13.9. The Morgan fingerprint density at radius 3 is 2.78 bits per heavy atom. The topological polar surface area (TPSA) is 67.2 Å². The molecule has 2 heterocycles. The molecule has 1 saturated heterocycles. The minimum Gasteiger partial charge on any atom is -0.341 e. The van der Waals surface area contributed by atoms with Crippen LogP contribution in [0.4, 0.5) is 0 Å². The number of piperidine rings is 1. The molecule has 0 radical (unpaired) electrons. The molecule has 1 aromatic heterocycles. The van der Waals surface area contributed by atoms with E-state index in [0.717, 1.165) is 25.9 Å². The number of halogens is 1. The molecular formula is C16H21ClN4O2. The Bertz CT molecular complexity index is 740. The summed E-state index contributed by atoms with van der Waals surface area (Å²) in [6.07, 6.45) is 3.36. The van der Waals surface area contributed by atoms with Crippen molar-refractivity contribution in [2.24, 2.45) is 0 Å². The molecule has 0 unspecified atom stereocenters. The number of carbonyl (C=O) groups excluding carboxylic acids is 1. The number of hydrogen-bond donors (Lipinski definition) is 1. The van der Waals surface area contributed by atoms with E-state index in [9.17, 15) is 9.59 Å². The number of benzene rings is 1. The average Bonchev–Trinajstić information content (AvgIpc) is 2.57. The lowest BCUT2D eigenvalue weighted by molar-refractivity contribution is -0.133. The highest BCUT2D eigenvalue weighted by molar-refractivity contribution is 5.85. The SMILES string of the molecule is CN(C(=O)Cn1cnc2ccccc2c1=O)C1CCNCC1.Cl. The molecule has 1 N–H and O–H groups in total. The first-order valence-corrected chi connectivity index (χ1v) is 7.57. The van der Waals surface area contributed by atoms with Crippen LogP contribution < -0.4 is 10.9 Å². The normalized spacial score (nSPS) is 15.2. The summed E-state index contributed by atoms with van der Waals surface area (Å²) in [5.41, 5.74) is 0.487. The van der Waals surface area contributed by atoms with E-state index in [1.807, 2.05) is 13.1 Å². The summed E-state index contributed by atoms with van der Waals surface area (Å²) < 4.78 is 1.39. The summed E-state index contributed by atoms with van der Waals surface area (Å²) in [4.78, 5) is 30.8. The van der Waals surface area contributed by atoms with E-state index in [2.05, 4.69) is 10.3 Å². The molecule has 1 amide bonds. The molecule has 124 valence electrons. The van der Waals surface area contributed by atoms with Crippen LogP contribution in [0.5, 0.6) is 0 Å². The molecule has 0 aliphatic carbocycles. The van der Waals surface area contributed by atoms with Crippen LogP contribution in [0.2, 0.25) is 0 Å². The van der Waals surface area contributed by atoms with Gasteiger partial charge < -0.3 is 10.2 Å². The second-order valence-electron chi connectivity index (χ2n) is 5.68. The fourth-order valence-corrected chi connectivity index (χ4v) is 2.87. The molecule has 1 fully saturated rings. The van der Waals surface area contributed by atoms with Gasteiger partial charge >= 0.3 is 0 Å². The number of likely N-dealkylation sites (N-methyl/N-ethyl adjacent to an activating group) is 1. The molecule has 0 atom stereocenters. The number of nitrogens with one attached hydrogen (secondary N) is 1. The van der Waals surface area contributed by atoms with Crippen molar-refractivity contribution in [3.8, 4) is 0 Å². The molecule has 1 aliphatic heterocycles. The molecular weight excluding hydrogens is 316 g/mol. The van der Waals surface area contributed by atoms with Crippen LogP contribution in [0.25, 0.3) is 10.9 Å². The molecule has 3 rings (SSSR count). The van der Waals surface area contributed by atoms with Gasteiger partial charge in [0, 0.05) is 13.1 Å². The second kappa shape index (κ2) is 7.57. The number of carbonyl (C=O) groups is 1. The number of rotatable bonds is 3. The van der Waals surface area contributed by atoms with Gasteiger partial charge in [0.25, 0.3) is 5.56 Å². The highest BCUT2D eigenvalue weighted by Crippen LogP contribution is 2.11. The first-order chi connectivity index (χ1) is 10.7. The Morgan fingerprint density at radius 1 is 1.35 bits per heavy atom. The fraction of sp³-hybridized carbons (Fsp3) is 0.438. The standard InChI is InChI=1S/C16H20N4O2.ClH/c1-19(12-6-8-17-9-7-12)15(21)10-20-11-18-14-5-3-2-4-13(14)16(20)22;/h2-5,11-12,17H,6-10H2,1H3;1H. The van der Waals surface area contributed by atoms with Gasteiger partial charge in [-0.05, 0) is 38.1 Å². The van der Waals surface area contributed by atoms with E-state index >= 15 is 0 Å². The van der Waals surface area contributed by atoms with Gasteiger partial charge in [-0.2, -0.15) is 0 Å². The zero-order valence-electron chi connectivity index (χ0n) is 13.1. The van der Waals surface area contributed by atoms with E-state index < -0.39 is 0 Å². The van der Waals surface area contributed by atoms with Crippen LogP contribution >= 0.6 is 12.4 Å². The maximum absolute atomic E-state index is 12.4. The Kier molecular flexibility index (Phi) is 5.74. The molecule has 2 aromatic rings. The van der Waals surface area contributed by atoms with Gasteiger partial charge in [0.1, 0.15) is 6.54 Å². The number of para-hydroxylation sites is 1. The molecule has 0 bridgehead atoms. The second-order valence-corrected chi connectivity index (χ2v) is 5.68. The Morgan fingerprint density at radius 2 is 2.04 bits per heavy atom. The predicted octanol–water partition coefficient (Wildman–Crippen LogP) is 1.03. The Hall–Kier alpha value is -1.92. The molecule has 1 aliphatic rings. The Balaban J connectivity index is 0.00000192. The minimum atomic E-state index is -0.169. The van der Waals surface area contributed by atoms with Gasteiger partial charge in [0.05, 0.1) is 17.2 Å². The van der Waals surface area contributed by atoms with Crippen LogP contribution in [0.3, 0.4) is 0 Å². The van der Waals surface area contributed by atoms with Crippen LogP contribution in [0, 0.1) is 0 Å². The average molecular weight is 337 g/mol. The quantitative estimate of drug-likeness (QED) is 0.909.